The Morgan fingerprint density at radius 2 is 1.65 bits per heavy atom. The third kappa shape index (κ3) is 3.76. The number of nitrogens with zero attached hydrogens (tertiary/aromatic N) is 1. The molecule has 1 heterocycles. The second kappa shape index (κ2) is 6.95. The van der Waals surface area contributed by atoms with Crippen LogP contribution in [0.4, 0.5) is 0 Å². The molecule has 1 aromatic carbocycles. The molecule has 20 heavy (non-hydrogen) atoms. The fourth-order valence-corrected chi connectivity index (χ4v) is 3.77. The van der Waals surface area contributed by atoms with Gasteiger partial charge in [-0.3, -0.25) is 4.90 Å². The van der Waals surface area contributed by atoms with Gasteiger partial charge in [-0.2, -0.15) is 0 Å². The second-order valence-corrected chi connectivity index (χ2v) is 7.04. The topological polar surface area (TPSA) is 12.5 Å². The fourth-order valence-electron chi connectivity index (χ4n) is 3.51. The lowest BCUT2D eigenvalue weighted by molar-refractivity contribution is 0.169. The molecule has 0 radical (unpaired) electrons. The van der Waals surface area contributed by atoms with Crippen molar-refractivity contribution < 1.29 is 4.74 Å². The van der Waals surface area contributed by atoms with Gasteiger partial charge in [-0.15, -0.1) is 0 Å². The standard InChI is InChI=1S/C17H24BrNO/c18-14-7-9-16(10-8-14)20-17-11-12-19(13-17)15-5-3-1-2-4-6-15/h7-10,15,17H,1-6,11-13H2. The SMILES string of the molecule is Brc1ccc(OC2CCN(C3CCCCCC3)C2)cc1. The minimum Gasteiger partial charge on any atom is -0.489 e. The normalized spacial score (nSPS) is 25.6. The Morgan fingerprint density at radius 3 is 2.35 bits per heavy atom. The average molecular weight is 338 g/mol. The smallest absolute Gasteiger partial charge is 0.119 e. The highest BCUT2D eigenvalue weighted by Crippen LogP contribution is 2.27. The molecule has 2 fully saturated rings. The van der Waals surface area contributed by atoms with Gasteiger partial charge in [0.05, 0.1) is 0 Å². The number of hydrogen-bond donors (Lipinski definition) is 0. The lowest BCUT2D eigenvalue weighted by Gasteiger charge is -2.26. The van der Waals surface area contributed by atoms with Crippen LogP contribution in [0, 0.1) is 0 Å². The Kier molecular flexibility index (Phi) is 5.00. The van der Waals surface area contributed by atoms with Crippen LogP contribution in [0.5, 0.6) is 5.75 Å². The van der Waals surface area contributed by atoms with E-state index in [0.29, 0.717) is 6.10 Å². The summed E-state index contributed by atoms with van der Waals surface area (Å²) in [5.41, 5.74) is 0. The minimum atomic E-state index is 0.374. The molecule has 110 valence electrons. The van der Waals surface area contributed by atoms with Gasteiger partial charge < -0.3 is 4.74 Å². The van der Waals surface area contributed by atoms with Crippen LogP contribution in [0.1, 0.15) is 44.9 Å². The van der Waals surface area contributed by atoms with E-state index in [1.54, 1.807) is 0 Å². The minimum absolute atomic E-state index is 0.374. The summed E-state index contributed by atoms with van der Waals surface area (Å²) in [6.45, 7) is 2.33. The van der Waals surface area contributed by atoms with E-state index in [9.17, 15) is 0 Å². The monoisotopic (exact) mass is 337 g/mol. The zero-order chi connectivity index (χ0) is 13.8. The van der Waals surface area contributed by atoms with Crippen LogP contribution < -0.4 is 4.74 Å². The maximum Gasteiger partial charge on any atom is 0.119 e. The zero-order valence-electron chi connectivity index (χ0n) is 12.1. The Balaban J connectivity index is 1.52. The summed E-state index contributed by atoms with van der Waals surface area (Å²) < 4.78 is 7.23. The van der Waals surface area contributed by atoms with E-state index in [2.05, 4.69) is 33.0 Å². The quantitative estimate of drug-likeness (QED) is 0.746. The van der Waals surface area contributed by atoms with Crippen LogP contribution in [0.2, 0.25) is 0 Å². The van der Waals surface area contributed by atoms with Crippen LogP contribution in [0.25, 0.3) is 0 Å². The van der Waals surface area contributed by atoms with Crippen molar-refractivity contribution in [3.05, 3.63) is 28.7 Å². The maximum absolute atomic E-state index is 6.12. The Bertz CT molecular complexity index is 412. The van der Waals surface area contributed by atoms with Crippen LogP contribution in [-0.4, -0.2) is 30.1 Å². The number of benzene rings is 1. The van der Waals surface area contributed by atoms with Gasteiger partial charge >= 0.3 is 0 Å². The summed E-state index contributed by atoms with van der Waals surface area (Å²) in [4.78, 5) is 2.68. The third-order valence-corrected chi connectivity index (χ3v) is 5.16. The maximum atomic E-state index is 6.12. The van der Waals surface area contributed by atoms with Crippen molar-refractivity contribution in [1.29, 1.82) is 0 Å². The molecule has 1 aromatic rings. The van der Waals surface area contributed by atoms with Gasteiger partial charge in [0.2, 0.25) is 0 Å². The van der Waals surface area contributed by atoms with Crippen molar-refractivity contribution in [2.24, 2.45) is 0 Å². The van der Waals surface area contributed by atoms with E-state index >= 15 is 0 Å². The van der Waals surface area contributed by atoms with Crippen LogP contribution in [0.3, 0.4) is 0 Å². The summed E-state index contributed by atoms with van der Waals surface area (Å²) in [6, 6.07) is 9.02. The third-order valence-electron chi connectivity index (χ3n) is 4.63. The zero-order valence-corrected chi connectivity index (χ0v) is 13.6. The van der Waals surface area contributed by atoms with Crippen molar-refractivity contribution in [2.45, 2.75) is 57.1 Å². The first kappa shape index (κ1) is 14.4. The van der Waals surface area contributed by atoms with E-state index in [4.69, 9.17) is 4.74 Å². The summed E-state index contributed by atoms with van der Waals surface area (Å²) in [5.74, 6) is 1.00. The lowest BCUT2D eigenvalue weighted by Crippen LogP contribution is -2.34. The first-order chi connectivity index (χ1) is 9.81. The first-order valence-electron chi connectivity index (χ1n) is 7.97. The molecular weight excluding hydrogens is 314 g/mol. The molecule has 1 saturated carbocycles. The second-order valence-electron chi connectivity index (χ2n) is 6.12. The number of likely N-dealkylation sites (tertiary alicyclic amines) is 1. The Hall–Kier alpha value is -0.540. The molecule has 2 nitrogen and oxygen atoms in total. The highest BCUT2D eigenvalue weighted by molar-refractivity contribution is 9.10. The van der Waals surface area contributed by atoms with Gasteiger partial charge in [-0.05, 0) is 43.5 Å². The molecule has 1 atom stereocenters. The van der Waals surface area contributed by atoms with Gasteiger partial charge in [0, 0.05) is 23.6 Å². The van der Waals surface area contributed by atoms with Gasteiger partial charge in [0.1, 0.15) is 11.9 Å². The van der Waals surface area contributed by atoms with Gasteiger partial charge in [-0.1, -0.05) is 41.6 Å². The lowest BCUT2D eigenvalue weighted by atomic mass is 10.1. The van der Waals surface area contributed by atoms with E-state index in [-0.39, 0.29) is 0 Å². The molecule has 0 aromatic heterocycles. The number of hydrogen-bond acceptors (Lipinski definition) is 2. The first-order valence-corrected chi connectivity index (χ1v) is 8.77. The van der Waals surface area contributed by atoms with Crippen molar-refractivity contribution in [3.8, 4) is 5.75 Å². The predicted molar refractivity (Wildman–Crippen MR) is 86.2 cm³/mol. The van der Waals surface area contributed by atoms with E-state index < -0.39 is 0 Å². The predicted octanol–water partition coefficient (Wildman–Crippen LogP) is 4.63. The summed E-state index contributed by atoms with van der Waals surface area (Å²) in [6.07, 6.45) is 10.0. The van der Waals surface area contributed by atoms with Crippen molar-refractivity contribution in [3.63, 3.8) is 0 Å². The van der Waals surface area contributed by atoms with Crippen LogP contribution >= 0.6 is 15.9 Å². The average Bonchev–Trinajstić information content (AvgIpc) is 2.74. The molecule has 1 aliphatic heterocycles. The molecule has 0 amide bonds. The van der Waals surface area contributed by atoms with Gasteiger partial charge in [0.25, 0.3) is 0 Å². The summed E-state index contributed by atoms with van der Waals surface area (Å²) >= 11 is 3.46. The highest BCUT2D eigenvalue weighted by atomic mass is 79.9. The molecule has 3 rings (SSSR count). The number of halogens is 1. The molecule has 1 aliphatic carbocycles. The van der Waals surface area contributed by atoms with Crippen molar-refractivity contribution in [2.75, 3.05) is 13.1 Å². The fraction of sp³-hybridized carbons (Fsp3) is 0.647. The van der Waals surface area contributed by atoms with Gasteiger partial charge in [0.15, 0.2) is 0 Å². The van der Waals surface area contributed by atoms with E-state index in [1.165, 1.54) is 51.5 Å². The number of ether oxygens (including phenoxy) is 1. The van der Waals surface area contributed by atoms with Crippen LogP contribution in [-0.2, 0) is 0 Å². The molecule has 1 saturated heterocycles. The highest BCUT2D eigenvalue weighted by Gasteiger charge is 2.29. The van der Waals surface area contributed by atoms with Crippen molar-refractivity contribution >= 4 is 15.9 Å². The molecule has 2 aliphatic rings. The Labute approximate surface area is 130 Å². The van der Waals surface area contributed by atoms with Crippen LogP contribution in [0.15, 0.2) is 28.7 Å². The molecule has 0 N–H and O–H groups in total. The van der Waals surface area contributed by atoms with E-state index in [1.807, 2.05) is 12.1 Å². The van der Waals surface area contributed by atoms with Crippen molar-refractivity contribution in [1.82, 2.24) is 4.90 Å². The van der Waals surface area contributed by atoms with E-state index in [0.717, 1.165) is 22.8 Å². The molecule has 1 unspecified atom stereocenters. The largest absolute Gasteiger partial charge is 0.489 e. The molecule has 3 heteroatoms. The molecule has 0 spiro atoms. The molecular formula is C17H24BrNO. The summed E-state index contributed by atoms with van der Waals surface area (Å²) in [7, 11) is 0. The molecule has 0 bridgehead atoms. The summed E-state index contributed by atoms with van der Waals surface area (Å²) in [5, 5.41) is 0. The number of rotatable bonds is 3. The Morgan fingerprint density at radius 1 is 0.950 bits per heavy atom. The van der Waals surface area contributed by atoms with Gasteiger partial charge in [-0.25, -0.2) is 0 Å².